The Morgan fingerprint density at radius 2 is 1.38 bits per heavy atom. The summed E-state index contributed by atoms with van der Waals surface area (Å²) in [5, 5.41) is 11.1. The number of ether oxygens (including phenoxy) is 3. The van der Waals surface area contributed by atoms with Gasteiger partial charge in [-0.15, -0.1) is 12.4 Å². The van der Waals surface area contributed by atoms with Crippen LogP contribution in [0.15, 0.2) is 36.1 Å². The Bertz CT molecular complexity index is 559. The number of esters is 3. The van der Waals surface area contributed by atoms with Gasteiger partial charge in [0.2, 0.25) is 0 Å². The van der Waals surface area contributed by atoms with Crippen molar-refractivity contribution < 1.29 is 33.7 Å². The zero-order valence-corrected chi connectivity index (χ0v) is 18.6. The summed E-state index contributed by atoms with van der Waals surface area (Å²) in [6, 6.07) is 0. The van der Waals surface area contributed by atoms with Crippen LogP contribution in [-0.4, -0.2) is 56.0 Å². The van der Waals surface area contributed by atoms with Crippen LogP contribution < -0.4 is 5.32 Å². The van der Waals surface area contributed by atoms with Crippen LogP contribution in [0.25, 0.3) is 0 Å². The minimum absolute atomic E-state index is 0. The molecule has 9 heteroatoms. The predicted octanol–water partition coefficient (Wildman–Crippen LogP) is 2.46. The number of hydrogen-bond acceptors (Lipinski definition) is 8. The average Bonchev–Trinajstić information content (AvgIpc) is 2.65. The molecule has 0 saturated heterocycles. The molecule has 0 unspecified atom stereocenters. The first kappa shape index (κ1) is 31.4. The quantitative estimate of drug-likeness (QED) is 0.208. The van der Waals surface area contributed by atoms with Crippen LogP contribution in [0, 0.1) is 0 Å². The molecule has 8 nitrogen and oxygen atoms in total. The Labute approximate surface area is 179 Å². The number of hydrogen-bond donors (Lipinski definition) is 2. The Morgan fingerprint density at radius 1 is 0.897 bits per heavy atom. The van der Waals surface area contributed by atoms with Crippen molar-refractivity contribution >= 4 is 30.3 Å². The molecule has 0 amide bonds. The van der Waals surface area contributed by atoms with E-state index in [0.717, 1.165) is 12.8 Å². The lowest BCUT2D eigenvalue weighted by Crippen LogP contribution is -2.18. The van der Waals surface area contributed by atoms with Crippen molar-refractivity contribution in [3.63, 3.8) is 0 Å². The maximum absolute atomic E-state index is 11.5. The second kappa shape index (κ2) is 20.4. The Morgan fingerprint density at radius 3 is 1.83 bits per heavy atom. The predicted molar refractivity (Wildman–Crippen MR) is 114 cm³/mol. The number of nitrogens with one attached hydrogen (secondary N) is 1. The van der Waals surface area contributed by atoms with E-state index in [0.29, 0.717) is 29.9 Å². The van der Waals surface area contributed by atoms with Gasteiger partial charge >= 0.3 is 17.9 Å². The summed E-state index contributed by atoms with van der Waals surface area (Å²) < 4.78 is 14.4. The summed E-state index contributed by atoms with van der Waals surface area (Å²) >= 11 is 0. The normalized spacial score (nSPS) is 9.76. The lowest BCUT2D eigenvalue weighted by molar-refractivity contribution is -0.140. The van der Waals surface area contributed by atoms with Crippen LogP contribution >= 0.6 is 12.4 Å². The second-order valence-corrected chi connectivity index (χ2v) is 5.83. The molecule has 0 aliphatic carbocycles. The highest BCUT2D eigenvalue weighted by Crippen LogP contribution is 1.97. The van der Waals surface area contributed by atoms with Gasteiger partial charge in [-0.3, -0.25) is 0 Å². The molecular formula is C20H34ClNO7. The van der Waals surface area contributed by atoms with Crippen molar-refractivity contribution in [2.75, 3.05) is 33.0 Å². The average molecular weight is 436 g/mol. The van der Waals surface area contributed by atoms with Crippen LogP contribution in [-0.2, 0) is 28.6 Å². The molecule has 0 saturated carbocycles. The van der Waals surface area contributed by atoms with E-state index in [1.165, 1.54) is 0 Å². The van der Waals surface area contributed by atoms with Crippen LogP contribution in [0.2, 0.25) is 0 Å². The monoisotopic (exact) mass is 435 g/mol. The van der Waals surface area contributed by atoms with Crippen LogP contribution in [0.5, 0.6) is 0 Å². The molecule has 0 aliphatic heterocycles. The topological polar surface area (TPSA) is 111 Å². The van der Waals surface area contributed by atoms with Crippen molar-refractivity contribution in [1.82, 2.24) is 5.32 Å². The molecule has 0 bridgehead atoms. The maximum Gasteiger partial charge on any atom is 0.335 e. The molecule has 0 aromatic carbocycles. The van der Waals surface area contributed by atoms with Crippen molar-refractivity contribution in [2.45, 2.75) is 40.5 Å². The summed E-state index contributed by atoms with van der Waals surface area (Å²) in [6.07, 6.45) is 3.41. The fourth-order valence-corrected chi connectivity index (χ4v) is 1.29. The minimum atomic E-state index is -0.455. The van der Waals surface area contributed by atoms with Crippen molar-refractivity contribution in [2.24, 2.45) is 0 Å². The van der Waals surface area contributed by atoms with Crippen molar-refractivity contribution in [3.05, 3.63) is 36.1 Å². The summed E-state index contributed by atoms with van der Waals surface area (Å²) in [5.74, 6) is -1.20. The molecular weight excluding hydrogens is 402 g/mol. The number of rotatable bonds is 12. The van der Waals surface area contributed by atoms with Gasteiger partial charge in [0, 0.05) is 29.5 Å². The molecule has 0 aliphatic rings. The van der Waals surface area contributed by atoms with E-state index in [4.69, 9.17) is 14.6 Å². The van der Waals surface area contributed by atoms with Gasteiger partial charge < -0.3 is 24.6 Å². The van der Waals surface area contributed by atoms with E-state index in [9.17, 15) is 14.4 Å². The molecule has 0 fully saturated rings. The van der Waals surface area contributed by atoms with Gasteiger partial charge in [-0.25, -0.2) is 14.4 Å². The maximum atomic E-state index is 11.5. The third-order valence-electron chi connectivity index (χ3n) is 2.87. The number of carbonyl (C=O) groups excluding carboxylic acids is 3. The Kier molecular flexibility index (Phi) is 22.1. The standard InChI is InChI=1S/C14H23NO4.C6H10O3.ClH/c1-5-6-8-18-14(17)12(4)10-15-7-9-19-13(16)11(2)3;1-5(2)6(8)9-4-3-7;/h10,15H,2,5-9H2,1,3-4H3;7H,1,3-4H2,2H3;1H. The lowest BCUT2D eigenvalue weighted by atomic mass is 10.3. The van der Waals surface area contributed by atoms with Gasteiger partial charge in [0.15, 0.2) is 0 Å². The SMILES string of the molecule is C=C(C)C(=O)OCCNC=C(C)C(=O)OCCCC.C=C(C)C(=O)OCCO.Cl. The first-order valence-electron chi connectivity index (χ1n) is 9.00. The van der Waals surface area contributed by atoms with Gasteiger partial charge in [-0.2, -0.15) is 0 Å². The highest BCUT2D eigenvalue weighted by atomic mass is 35.5. The van der Waals surface area contributed by atoms with Crippen LogP contribution in [0.1, 0.15) is 40.5 Å². The fraction of sp³-hybridized carbons (Fsp3) is 0.550. The summed E-state index contributed by atoms with van der Waals surface area (Å²) in [4.78, 5) is 33.0. The Hall–Kier alpha value is -2.32. The zero-order valence-electron chi connectivity index (χ0n) is 17.7. The molecule has 0 atom stereocenters. The third-order valence-corrected chi connectivity index (χ3v) is 2.87. The zero-order chi connectivity index (χ0) is 21.9. The number of carbonyl (C=O) groups is 3. The molecule has 0 rings (SSSR count). The molecule has 29 heavy (non-hydrogen) atoms. The van der Waals surface area contributed by atoms with E-state index >= 15 is 0 Å². The van der Waals surface area contributed by atoms with Gasteiger partial charge in [-0.1, -0.05) is 26.5 Å². The van der Waals surface area contributed by atoms with E-state index in [1.54, 1.807) is 27.0 Å². The number of unbranched alkanes of at least 4 members (excludes halogenated alkanes) is 1. The first-order valence-corrected chi connectivity index (χ1v) is 9.00. The van der Waals surface area contributed by atoms with E-state index in [1.807, 2.05) is 6.92 Å². The molecule has 0 aromatic rings. The van der Waals surface area contributed by atoms with Crippen LogP contribution in [0.4, 0.5) is 0 Å². The second-order valence-electron chi connectivity index (χ2n) is 5.83. The van der Waals surface area contributed by atoms with E-state index in [-0.39, 0.29) is 38.2 Å². The largest absolute Gasteiger partial charge is 0.462 e. The van der Waals surface area contributed by atoms with Gasteiger partial charge in [0.1, 0.15) is 13.2 Å². The van der Waals surface area contributed by atoms with Crippen molar-refractivity contribution in [1.29, 1.82) is 0 Å². The molecule has 0 heterocycles. The third kappa shape index (κ3) is 20.2. The van der Waals surface area contributed by atoms with Crippen molar-refractivity contribution in [3.8, 4) is 0 Å². The van der Waals surface area contributed by atoms with E-state index < -0.39 is 11.9 Å². The molecule has 168 valence electrons. The van der Waals surface area contributed by atoms with Gasteiger partial charge in [0.05, 0.1) is 13.2 Å². The van der Waals surface area contributed by atoms with Gasteiger partial charge in [-0.05, 0) is 27.2 Å². The summed E-state index contributed by atoms with van der Waals surface area (Å²) in [6.45, 7) is 14.7. The van der Waals surface area contributed by atoms with Crippen LogP contribution in [0.3, 0.4) is 0 Å². The number of aliphatic hydroxyl groups is 1. The number of aliphatic hydroxyl groups excluding tert-OH is 1. The van der Waals surface area contributed by atoms with E-state index in [2.05, 4.69) is 23.2 Å². The highest BCUT2D eigenvalue weighted by molar-refractivity contribution is 5.88. The fourth-order valence-electron chi connectivity index (χ4n) is 1.29. The summed E-state index contributed by atoms with van der Waals surface area (Å²) in [5.41, 5.74) is 1.21. The molecule has 0 aromatic heterocycles. The molecule has 0 spiro atoms. The minimum Gasteiger partial charge on any atom is -0.462 e. The summed E-state index contributed by atoms with van der Waals surface area (Å²) in [7, 11) is 0. The first-order chi connectivity index (χ1) is 13.2. The molecule has 0 radical (unpaired) electrons. The lowest BCUT2D eigenvalue weighted by Gasteiger charge is -2.06. The highest BCUT2D eigenvalue weighted by Gasteiger charge is 2.05. The smallest absolute Gasteiger partial charge is 0.335 e. The van der Waals surface area contributed by atoms with Gasteiger partial charge in [0.25, 0.3) is 0 Å². The molecule has 2 N–H and O–H groups in total. The number of halogens is 1. The Balaban J connectivity index is -0.000000572.